The number of methoxy groups -OCH3 is 4. The highest BCUT2D eigenvalue weighted by Crippen LogP contribution is 2.27. The maximum absolute atomic E-state index is 13.0. The van der Waals surface area contributed by atoms with E-state index in [0.29, 0.717) is 34.1 Å². The summed E-state index contributed by atoms with van der Waals surface area (Å²) < 4.78 is 20.8. The van der Waals surface area contributed by atoms with Gasteiger partial charge in [-0.25, -0.2) is 9.59 Å². The molecule has 0 unspecified atom stereocenters. The van der Waals surface area contributed by atoms with Gasteiger partial charge in [0.05, 0.1) is 50.9 Å². The summed E-state index contributed by atoms with van der Waals surface area (Å²) in [5, 5.41) is 25.0. The number of rotatable bonds is 12. The molecular weight excluding hydrogens is 584 g/mol. The van der Waals surface area contributed by atoms with Crippen LogP contribution in [0.25, 0.3) is 0 Å². The predicted octanol–water partition coefficient (Wildman–Crippen LogP) is 5.21. The van der Waals surface area contributed by atoms with E-state index in [4.69, 9.17) is 18.9 Å². The number of benzene rings is 4. The molecule has 0 radical (unpaired) electrons. The van der Waals surface area contributed by atoms with E-state index in [2.05, 4.69) is 10.6 Å². The third kappa shape index (κ3) is 7.68. The average Bonchev–Trinajstić information content (AvgIpc) is 3.05. The molecule has 0 aromatic heterocycles. The summed E-state index contributed by atoms with van der Waals surface area (Å²) >= 11 is 0. The van der Waals surface area contributed by atoms with Crippen molar-refractivity contribution in [3.8, 4) is 23.0 Å². The number of carbonyl (C=O) groups is 4. The Labute approximate surface area is 258 Å². The maximum atomic E-state index is 13.0. The number of hydrogen-bond donors (Lipinski definition) is 4. The van der Waals surface area contributed by atoms with E-state index in [1.54, 1.807) is 24.3 Å². The van der Waals surface area contributed by atoms with Gasteiger partial charge in [-0.15, -0.1) is 0 Å². The summed E-state index contributed by atoms with van der Waals surface area (Å²) in [5.41, 5.74) is 1.30. The number of nitrogens with one attached hydrogen (secondary N) is 2. The molecule has 4 N–H and O–H groups in total. The molecule has 0 aliphatic rings. The fourth-order valence-electron chi connectivity index (χ4n) is 4.48. The molecule has 12 heteroatoms. The zero-order valence-electron chi connectivity index (χ0n) is 24.8. The van der Waals surface area contributed by atoms with Crippen molar-refractivity contribution in [2.75, 3.05) is 39.1 Å². The van der Waals surface area contributed by atoms with Gasteiger partial charge in [0.2, 0.25) is 0 Å². The van der Waals surface area contributed by atoms with Gasteiger partial charge in [-0.3, -0.25) is 9.59 Å². The SMILES string of the molecule is COc1cc(OC)cc(C(=O)Nc2ccc(Cc3ccc(NC(=O)c4cc(OC)cc(OC)c4)c(C(=O)O)c3)cc2C(=O)O)c1. The van der Waals surface area contributed by atoms with Gasteiger partial charge in [-0.05, 0) is 66.1 Å². The maximum Gasteiger partial charge on any atom is 0.337 e. The van der Waals surface area contributed by atoms with E-state index in [9.17, 15) is 29.4 Å². The molecule has 0 fully saturated rings. The number of amides is 2. The first kappa shape index (κ1) is 31.9. The Balaban J connectivity index is 1.56. The van der Waals surface area contributed by atoms with Crippen LogP contribution >= 0.6 is 0 Å². The zero-order chi connectivity index (χ0) is 32.7. The average molecular weight is 615 g/mol. The number of carbonyl (C=O) groups excluding carboxylic acids is 2. The highest BCUT2D eigenvalue weighted by atomic mass is 16.5. The lowest BCUT2D eigenvalue weighted by Crippen LogP contribution is -2.16. The summed E-state index contributed by atoms with van der Waals surface area (Å²) in [5.74, 6) is -2.12. The van der Waals surface area contributed by atoms with Crippen LogP contribution in [0.2, 0.25) is 0 Å². The van der Waals surface area contributed by atoms with E-state index in [1.165, 1.54) is 77.0 Å². The molecule has 4 rings (SSSR count). The van der Waals surface area contributed by atoms with Gasteiger partial charge in [-0.1, -0.05) is 12.1 Å². The van der Waals surface area contributed by atoms with Crippen molar-refractivity contribution >= 4 is 35.1 Å². The first-order chi connectivity index (χ1) is 21.5. The van der Waals surface area contributed by atoms with E-state index in [0.717, 1.165) is 0 Å². The molecule has 0 saturated heterocycles. The fourth-order valence-corrected chi connectivity index (χ4v) is 4.48. The molecule has 232 valence electrons. The van der Waals surface area contributed by atoms with Crippen molar-refractivity contribution in [3.05, 3.63) is 106 Å². The second kappa shape index (κ2) is 14.0. The molecule has 4 aromatic rings. The van der Waals surface area contributed by atoms with Crippen molar-refractivity contribution in [1.82, 2.24) is 0 Å². The Bertz CT molecular complexity index is 1610. The van der Waals surface area contributed by atoms with Gasteiger partial charge >= 0.3 is 11.9 Å². The van der Waals surface area contributed by atoms with Crippen LogP contribution < -0.4 is 29.6 Å². The zero-order valence-corrected chi connectivity index (χ0v) is 24.8. The number of carboxylic acids is 2. The minimum absolute atomic E-state index is 0.0662. The Kier molecular flexibility index (Phi) is 9.89. The Hall–Kier alpha value is -6.04. The van der Waals surface area contributed by atoms with Crippen LogP contribution in [0, 0.1) is 0 Å². The summed E-state index contributed by atoms with van der Waals surface area (Å²) in [7, 11) is 5.78. The van der Waals surface area contributed by atoms with Crippen LogP contribution in [0.4, 0.5) is 11.4 Å². The molecule has 0 aliphatic heterocycles. The number of ether oxygens (including phenoxy) is 4. The molecule has 45 heavy (non-hydrogen) atoms. The van der Waals surface area contributed by atoms with Crippen LogP contribution in [0.3, 0.4) is 0 Å². The van der Waals surface area contributed by atoms with Gasteiger partial charge in [0.25, 0.3) is 11.8 Å². The summed E-state index contributed by atoms with van der Waals surface area (Å²) in [6.45, 7) is 0. The third-order valence-electron chi connectivity index (χ3n) is 6.76. The molecule has 12 nitrogen and oxygen atoms in total. The highest BCUT2D eigenvalue weighted by Gasteiger charge is 2.19. The summed E-state index contributed by atoms with van der Waals surface area (Å²) in [4.78, 5) is 50.1. The topological polar surface area (TPSA) is 170 Å². The largest absolute Gasteiger partial charge is 0.497 e. The van der Waals surface area contributed by atoms with Crippen LogP contribution in [0.5, 0.6) is 23.0 Å². The van der Waals surface area contributed by atoms with Crippen LogP contribution in [-0.4, -0.2) is 62.4 Å². The Morgan fingerprint density at radius 1 is 0.533 bits per heavy atom. The first-order valence-corrected chi connectivity index (χ1v) is 13.4. The molecule has 0 heterocycles. The van der Waals surface area contributed by atoms with Crippen molar-refractivity contribution in [3.63, 3.8) is 0 Å². The number of carboxylic acid groups (broad SMARTS) is 2. The lowest BCUT2D eigenvalue weighted by atomic mass is 9.99. The van der Waals surface area contributed by atoms with E-state index >= 15 is 0 Å². The van der Waals surface area contributed by atoms with E-state index in [-0.39, 0.29) is 40.0 Å². The second-order valence-corrected chi connectivity index (χ2v) is 9.66. The standard InChI is InChI=1S/C33H30N2O10/c1-42-22-12-20(13-23(16-22)43-2)30(36)34-28-7-5-18(10-26(28)32(38)39)9-19-6-8-29(27(11-19)33(40)41)35-31(37)21-14-24(44-3)17-25(15-21)45-4/h5-8,10-17H,9H2,1-4H3,(H,34,36)(H,35,37)(H,38,39)(H,40,41). The van der Waals surface area contributed by atoms with Gasteiger partial charge in [0.1, 0.15) is 23.0 Å². The molecule has 0 aliphatic carbocycles. The number of aromatic carboxylic acids is 2. The van der Waals surface area contributed by atoms with Crippen LogP contribution in [0.15, 0.2) is 72.8 Å². The second-order valence-electron chi connectivity index (χ2n) is 9.66. The summed E-state index contributed by atoms with van der Waals surface area (Å²) in [6.07, 6.45) is 0.170. The quantitative estimate of drug-likeness (QED) is 0.166. The third-order valence-corrected chi connectivity index (χ3v) is 6.76. The van der Waals surface area contributed by atoms with Gasteiger partial charge in [0, 0.05) is 23.3 Å². The minimum Gasteiger partial charge on any atom is -0.497 e. The minimum atomic E-state index is -1.27. The predicted molar refractivity (Wildman–Crippen MR) is 165 cm³/mol. The van der Waals surface area contributed by atoms with Crippen molar-refractivity contribution in [1.29, 1.82) is 0 Å². The molecular formula is C33H30N2O10. The first-order valence-electron chi connectivity index (χ1n) is 13.4. The lowest BCUT2D eigenvalue weighted by molar-refractivity contribution is 0.0687. The van der Waals surface area contributed by atoms with Crippen LogP contribution in [-0.2, 0) is 6.42 Å². The number of anilines is 2. The van der Waals surface area contributed by atoms with E-state index < -0.39 is 23.8 Å². The smallest absolute Gasteiger partial charge is 0.337 e. The van der Waals surface area contributed by atoms with Crippen LogP contribution in [0.1, 0.15) is 52.6 Å². The monoisotopic (exact) mass is 614 g/mol. The van der Waals surface area contributed by atoms with Gasteiger partial charge in [0.15, 0.2) is 0 Å². The fraction of sp³-hybridized carbons (Fsp3) is 0.152. The summed E-state index contributed by atoms with van der Waals surface area (Å²) in [6, 6.07) is 18.1. The van der Waals surface area contributed by atoms with Gasteiger partial charge < -0.3 is 39.8 Å². The molecule has 0 atom stereocenters. The molecule has 0 bridgehead atoms. The van der Waals surface area contributed by atoms with Gasteiger partial charge in [-0.2, -0.15) is 0 Å². The number of hydrogen-bond acceptors (Lipinski definition) is 8. The molecule has 4 aromatic carbocycles. The van der Waals surface area contributed by atoms with Crippen molar-refractivity contribution < 1.29 is 48.3 Å². The Morgan fingerprint density at radius 3 is 1.16 bits per heavy atom. The molecule has 2 amide bonds. The Morgan fingerprint density at radius 2 is 0.867 bits per heavy atom. The van der Waals surface area contributed by atoms with Crippen molar-refractivity contribution in [2.45, 2.75) is 6.42 Å². The van der Waals surface area contributed by atoms with E-state index in [1.807, 2.05) is 0 Å². The molecule has 0 saturated carbocycles. The lowest BCUT2D eigenvalue weighted by Gasteiger charge is -2.14. The highest BCUT2D eigenvalue weighted by molar-refractivity contribution is 6.09. The van der Waals surface area contributed by atoms with Crippen molar-refractivity contribution in [2.24, 2.45) is 0 Å². The molecule has 0 spiro atoms. The normalized spacial score (nSPS) is 10.4.